The molecule has 0 bridgehead atoms. The molecular formula is C14H19N3O2. The number of hydrogen-bond acceptors (Lipinski definition) is 3. The summed E-state index contributed by atoms with van der Waals surface area (Å²) >= 11 is 0. The molecule has 1 N–H and O–H groups in total. The SMILES string of the molecule is O=C(Nc1cccnc1)N(CC1CCOC1)C1CC1. The summed E-state index contributed by atoms with van der Waals surface area (Å²) in [5, 5.41) is 2.92. The molecule has 1 saturated heterocycles. The highest BCUT2D eigenvalue weighted by Crippen LogP contribution is 2.29. The molecule has 1 aromatic heterocycles. The van der Waals surface area contributed by atoms with Gasteiger partial charge in [-0.25, -0.2) is 4.79 Å². The van der Waals surface area contributed by atoms with Gasteiger partial charge in [0.25, 0.3) is 0 Å². The molecule has 1 saturated carbocycles. The van der Waals surface area contributed by atoms with Gasteiger partial charge in [-0.05, 0) is 31.4 Å². The largest absolute Gasteiger partial charge is 0.381 e. The number of urea groups is 1. The number of nitrogens with zero attached hydrogens (tertiary/aromatic N) is 2. The predicted octanol–water partition coefficient (Wildman–Crippen LogP) is 2.11. The molecule has 1 atom stereocenters. The molecule has 102 valence electrons. The first-order valence-electron chi connectivity index (χ1n) is 6.88. The van der Waals surface area contributed by atoms with Crippen molar-refractivity contribution in [2.75, 3.05) is 25.1 Å². The van der Waals surface area contributed by atoms with Crippen LogP contribution in [-0.2, 0) is 4.74 Å². The number of pyridine rings is 1. The highest BCUT2D eigenvalue weighted by molar-refractivity contribution is 5.89. The molecule has 2 fully saturated rings. The molecular weight excluding hydrogens is 242 g/mol. The van der Waals surface area contributed by atoms with Gasteiger partial charge < -0.3 is 15.0 Å². The van der Waals surface area contributed by atoms with Crippen LogP contribution in [0.15, 0.2) is 24.5 Å². The second-order valence-corrected chi connectivity index (χ2v) is 5.29. The fraction of sp³-hybridized carbons (Fsp3) is 0.571. The first-order chi connectivity index (χ1) is 9.33. The van der Waals surface area contributed by atoms with E-state index in [2.05, 4.69) is 10.3 Å². The minimum Gasteiger partial charge on any atom is -0.381 e. The van der Waals surface area contributed by atoms with Crippen LogP contribution in [0.4, 0.5) is 10.5 Å². The van der Waals surface area contributed by atoms with Crippen LogP contribution >= 0.6 is 0 Å². The Morgan fingerprint density at radius 2 is 2.37 bits per heavy atom. The van der Waals surface area contributed by atoms with Gasteiger partial charge in [0, 0.05) is 31.3 Å². The van der Waals surface area contributed by atoms with Crippen molar-refractivity contribution in [3.8, 4) is 0 Å². The van der Waals surface area contributed by atoms with E-state index in [-0.39, 0.29) is 6.03 Å². The summed E-state index contributed by atoms with van der Waals surface area (Å²) in [6, 6.07) is 4.08. The Balaban J connectivity index is 1.61. The van der Waals surface area contributed by atoms with Gasteiger partial charge in [-0.3, -0.25) is 4.98 Å². The Bertz CT molecular complexity index is 428. The van der Waals surface area contributed by atoms with E-state index in [0.717, 1.165) is 44.7 Å². The normalized spacial score (nSPS) is 22.2. The van der Waals surface area contributed by atoms with Crippen LogP contribution in [0.25, 0.3) is 0 Å². The molecule has 2 amide bonds. The molecule has 0 spiro atoms. The van der Waals surface area contributed by atoms with Crippen molar-refractivity contribution in [3.05, 3.63) is 24.5 Å². The Morgan fingerprint density at radius 3 is 3.00 bits per heavy atom. The van der Waals surface area contributed by atoms with Crippen molar-refractivity contribution in [3.63, 3.8) is 0 Å². The fourth-order valence-corrected chi connectivity index (χ4v) is 2.42. The van der Waals surface area contributed by atoms with E-state index in [0.29, 0.717) is 12.0 Å². The summed E-state index contributed by atoms with van der Waals surface area (Å²) in [6.07, 6.45) is 6.66. The van der Waals surface area contributed by atoms with Crippen LogP contribution in [0.5, 0.6) is 0 Å². The summed E-state index contributed by atoms with van der Waals surface area (Å²) < 4.78 is 5.39. The van der Waals surface area contributed by atoms with Crippen LogP contribution < -0.4 is 5.32 Å². The number of carbonyl (C=O) groups excluding carboxylic acids is 1. The Morgan fingerprint density at radius 1 is 1.47 bits per heavy atom. The lowest BCUT2D eigenvalue weighted by molar-refractivity contribution is 0.167. The quantitative estimate of drug-likeness (QED) is 0.903. The number of amides is 2. The van der Waals surface area contributed by atoms with Crippen molar-refractivity contribution in [1.82, 2.24) is 9.88 Å². The predicted molar refractivity (Wildman–Crippen MR) is 71.9 cm³/mol. The van der Waals surface area contributed by atoms with Crippen LogP contribution in [0.3, 0.4) is 0 Å². The summed E-state index contributed by atoms with van der Waals surface area (Å²) in [5.41, 5.74) is 0.751. The zero-order valence-electron chi connectivity index (χ0n) is 10.9. The molecule has 2 heterocycles. The average molecular weight is 261 g/mol. The minimum absolute atomic E-state index is 0.0117. The lowest BCUT2D eigenvalue weighted by Gasteiger charge is -2.25. The average Bonchev–Trinajstić information content (AvgIpc) is 3.14. The topological polar surface area (TPSA) is 54.5 Å². The summed E-state index contributed by atoms with van der Waals surface area (Å²) in [7, 11) is 0. The maximum Gasteiger partial charge on any atom is 0.322 e. The maximum atomic E-state index is 12.3. The van der Waals surface area contributed by atoms with E-state index < -0.39 is 0 Å². The van der Waals surface area contributed by atoms with Crippen molar-refractivity contribution >= 4 is 11.7 Å². The zero-order chi connectivity index (χ0) is 13.1. The van der Waals surface area contributed by atoms with Gasteiger partial charge in [0.05, 0.1) is 18.5 Å². The van der Waals surface area contributed by atoms with Gasteiger partial charge in [0.15, 0.2) is 0 Å². The number of anilines is 1. The van der Waals surface area contributed by atoms with Gasteiger partial charge in [0.1, 0.15) is 0 Å². The molecule has 1 aliphatic carbocycles. The van der Waals surface area contributed by atoms with Gasteiger partial charge in [-0.2, -0.15) is 0 Å². The van der Waals surface area contributed by atoms with E-state index in [1.165, 1.54) is 0 Å². The van der Waals surface area contributed by atoms with E-state index in [1.807, 2.05) is 17.0 Å². The smallest absolute Gasteiger partial charge is 0.322 e. The zero-order valence-corrected chi connectivity index (χ0v) is 10.9. The molecule has 1 aromatic rings. The molecule has 1 aliphatic heterocycles. The third kappa shape index (κ3) is 3.23. The fourth-order valence-electron chi connectivity index (χ4n) is 2.42. The van der Waals surface area contributed by atoms with E-state index in [9.17, 15) is 4.79 Å². The second kappa shape index (κ2) is 5.57. The number of nitrogens with one attached hydrogen (secondary N) is 1. The molecule has 5 heteroatoms. The Hall–Kier alpha value is -1.62. The lowest BCUT2D eigenvalue weighted by atomic mass is 10.1. The summed E-state index contributed by atoms with van der Waals surface area (Å²) in [5.74, 6) is 0.486. The molecule has 2 aliphatic rings. The molecule has 19 heavy (non-hydrogen) atoms. The monoisotopic (exact) mass is 261 g/mol. The molecule has 0 aromatic carbocycles. The standard InChI is InChI=1S/C14H19N3O2/c18-14(16-12-2-1-6-15-8-12)17(13-3-4-13)9-11-5-7-19-10-11/h1-2,6,8,11,13H,3-5,7,9-10H2,(H,16,18). The molecule has 3 rings (SSSR count). The van der Waals surface area contributed by atoms with Gasteiger partial charge in [-0.15, -0.1) is 0 Å². The van der Waals surface area contributed by atoms with Crippen LogP contribution in [0.1, 0.15) is 19.3 Å². The van der Waals surface area contributed by atoms with E-state index in [1.54, 1.807) is 12.4 Å². The first kappa shape index (κ1) is 12.4. The Labute approximate surface area is 113 Å². The van der Waals surface area contributed by atoms with Crippen LogP contribution in [0, 0.1) is 5.92 Å². The highest BCUT2D eigenvalue weighted by atomic mass is 16.5. The van der Waals surface area contributed by atoms with Crippen molar-refractivity contribution in [2.24, 2.45) is 5.92 Å². The number of hydrogen-bond donors (Lipinski definition) is 1. The first-order valence-corrected chi connectivity index (χ1v) is 6.88. The van der Waals surface area contributed by atoms with Crippen molar-refractivity contribution in [1.29, 1.82) is 0 Å². The molecule has 0 radical (unpaired) electrons. The molecule has 5 nitrogen and oxygen atoms in total. The van der Waals surface area contributed by atoms with Crippen molar-refractivity contribution in [2.45, 2.75) is 25.3 Å². The van der Waals surface area contributed by atoms with Crippen LogP contribution in [-0.4, -0.2) is 41.7 Å². The third-order valence-corrected chi connectivity index (χ3v) is 3.64. The second-order valence-electron chi connectivity index (χ2n) is 5.29. The number of ether oxygens (including phenoxy) is 1. The maximum absolute atomic E-state index is 12.3. The van der Waals surface area contributed by atoms with Crippen LogP contribution in [0.2, 0.25) is 0 Å². The number of aromatic nitrogens is 1. The minimum atomic E-state index is -0.0117. The summed E-state index contributed by atoms with van der Waals surface area (Å²) in [4.78, 5) is 18.3. The third-order valence-electron chi connectivity index (χ3n) is 3.64. The van der Waals surface area contributed by atoms with Gasteiger partial charge >= 0.3 is 6.03 Å². The lowest BCUT2D eigenvalue weighted by Crippen LogP contribution is -2.40. The highest BCUT2D eigenvalue weighted by Gasteiger charge is 2.34. The number of carbonyl (C=O) groups is 1. The van der Waals surface area contributed by atoms with E-state index >= 15 is 0 Å². The molecule has 1 unspecified atom stereocenters. The summed E-state index contributed by atoms with van der Waals surface area (Å²) in [6.45, 7) is 2.41. The van der Waals surface area contributed by atoms with Gasteiger partial charge in [-0.1, -0.05) is 0 Å². The number of rotatable bonds is 4. The van der Waals surface area contributed by atoms with E-state index in [4.69, 9.17) is 4.74 Å². The van der Waals surface area contributed by atoms with Crippen molar-refractivity contribution < 1.29 is 9.53 Å². The van der Waals surface area contributed by atoms with Gasteiger partial charge in [0.2, 0.25) is 0 Å². The Kier molecular flexibility index (Phi) is 3.64.